The number of hydrogen-bond acceptors (Lipinski definition) is 6. The second kappa shape index (κ2) is 9.41. The molecule has 1 aliphatic heterocycles. The number of hydrogen-bond donors (Lipinski definition) is 1. The number of carbonyl (C=O) groups excluding carboxylic acids is 1. The van der Waals surface area contributed by atoms with Crippen LogP contribution in [0.5, 0.6) is 5.75 Å². The first-order valence-corrected chi connectivity index (χ1v) is 10.1. The molecule has 0 atom stereocenters. The minimum atomic E-state index is -0.0982. The van der Waals surface area contributed by atoms with E-state index in [1.165, 1.54) is 17.3 Å². The molecule has 2 aromatic rings. The number of thioether (sulfide) groups is 1. The Morgan fingerprint density at radius 3 is 2.57 bits per heavy atom. The third kappa shape index (κ3) is 5.85. The number of benzene rings is 2. The molecule has 7 heteroatoms. The lowest BCUT2D eigenvalue weighted by atomic mass is 10.0. The molecule has 2 aromatic carbocycles. The highest BCUT2D eigenvalue weighted by atomic mass is 32.2. The topological polar surface area (TPSA) is 66.3 Å². The van der Waals surface area contributed by atoms with E-state index >= 15 is 0 Å². The first-order chi connectivity index (χ1) is 13.5. The number of anilines is 1. The second-order valence-corrected chi connectivity index (χ2v) is 7.68. The van der Waals surface area contributed by atoms with Gasteiger partial charge in [0.05, 0.1) is 5.75 Å². The van der Waals surface area contributed by atoms with Crippen molar-refractivity contribution in [2.45, 2.75) is 19.8 Å². The molecule has 3 rings (SSSR count). The fourth-order valence-electron chi connectivity index (χ4n) is 2.56. The number of ether oxygens (including phenoxy) is 1. The van der Waals surface area contributed by atoms with Crippen LogP contribution in [-0.4, -0.2) is 41.3 Å². The van der Waals surface area contributed by atoms with Crippen LogP contribution in [0.4, 0.5) is 5.69 Å². The molecule has 1 heterocycles. The Morgan fingerprint density at radius 1 is 1.18 bits per heavy atom. The molecule has 1 amide bonds. The SMILES string of the molecule is CC(C)c1ccc(NC(=O)CSC2=NN(C)CC(Oc3ccccc3)=N2)cc1. The van der Waals surface area contributed by atoms with Gasteiger partial charge >= 0.3 is 0 Å². The van der Waals surface area contributed by atoms with Crippen molar-refractivity contribution in [1.82, 2.24) is 5.01 Å². The van der Waals surface area contributed by atoms with Gasteiger partial charge < -0.3 is 10.1 Å². The van der Waals surface area contributed by atoms with E-state index in [1.807, 2.05) is 61.6 Å². The highest BCUT2D eigenvalue weighted by molar-refractivity contribution is 8.14. The van der Waals surface area contributed by atoms with Gasteiger partial charge in [-0.25, -0.2) is 0 Å². The fourth-order valence-corrected chi connectivity index (χ4v) is 3.26. The third-order valence-electron chi connectivity index (χ3n) is 4.01. The third-order valence-corrected chi connectivity index (χ3v) is 4.85. The van der Waals surface area contributed by atoms with Crippen molar-refractivity contribution in [3.63, 3.8) is 0 Å². The van der Waals surface area contributed by atoms with Crippen LogP contribution in [0, 0.1) is 0 Å². The average molecular weight is 397 g/mol. The lowest BCUT2D eigenvalue weighted by Gasteiger charge is -2.20. The van der Waals surface area contributed by atoms with Crippen molar-refractivity contribution >= 4 is 34.4 Å². The van der Waals surface area contributed by atoms with E-state index in [4.69, 9.17) is 4.74 Å². The summed E-state index contributed by atoms with van der Waals surface area (Å²) in [6, 6.07) is 17.4. The van der Waals surface area contributed by atoms with Crippen LogP contribution >= 0.6 is 11.8 Å². The molecule has 0 radical (unpaired) electrons. The van der Waals surface area contributed by atoms with E-state index in [0.29, 0.717) is 23.5 Å². The number of para-hydroxylation sites is 1. The van der Waals surface area contributed by atoms with Crippen molar-refractivity contribution in [2.75, 3.05) is 24.7 Å². The zero-order valence-corrected chi connectivity index (χ0v) is 17.1. The lowest BCUT2D eigenvalue weighted by Crippen LogP contribution is -2.31. The van der Waals surface area contributed by atoms with E-state index in [1.54, 1.807) is 5.01 Å². The molecule has 0 bridgehead atoms. The maximum absolute atomic E-state index is 12.2. The number of rotatable bonds is 5. The van der Waals surface area contributed by atoms with Crippen LogP contribution in [-0.2, 0) is 4.79 Å². The average Bonchev–Trinajstić information content (AvgIpc) is 2.67. The predicted molar refractivity (Wildman–Crippen MR) is 116 cm³/mol. The van der Waals surface area contributed by atoms with Gasteiger partial charge in [-0.2, -0.15) is 4.99 Å². The van der Waals surface area contributed by atoms with Gasteiger partial charge in [0.1, 0.15) is 12.3 Å². The molecule has 0 aromatic heterocycles. The molecule has 0 saturated carbocycles. The Morgan fingerprint density at radius 2 is 1.89 bits per heavy atom. The van der Waals surface area contributed by atoms with Gasteiger partial charge in [-0.05, 0) is 35.7 Å². The molecule has 6 nitrogen and oxygen atoms in total. The van der Waals surface area contributed by atoms with E-state index in [0.717, 1.165) is 11.4 Å². The monoisotopic (exact) mass is 396 g/mol. The fraction of sp³-hybridized carbons (Fsp3) is 0.286. The minimum absolute atomic E-state index is 0.0982. The largest absolute Gasteiger partial charge is 0.441 e. The van der Waals surface area contributed by atoms with Gasteiger partial charge in [-0.1, -0.05) is 55.9 Å². The van der Waals surface area contributed by atoms with E-state index < -0.39 is 0 Å². The molecular formula is C21H24N4O2S. The standard InChI is InChI=1S/C21H24N4O2S/c1-15(2)16-9-11-17(12-10-16)22-19(26)14-28-21-23-20(13-25(3)24-21)27-18-7-5-4-6-8-18/h4-12,15H,13-14H2,1-3H3,(H,22,26). The Balaban J connectivity index is 1.54. The summed E-state index contributed by atoms with van der Waals surface area (Å²) in [4.78, 5) is 16.7. The van der Waals surface area contributed by atoms with E-state index in [2.05, 4.69) is 29.3 Å². The number of nitrogens with one attached hydrogen (secondary N) is 1. The molecule has 146 valence electrons. The van der Waals surface area contributed by atoms with Crippen LogP contribution in [0.3, 0.4) is 0 Å². The number of nitrogens with zero attached hydrogens (tertiary/aromatic N) is 3. The summed E-state index contributed by atoms with van der Waals surface area (Å²) in [5.74, 6) is 1.87. The van der Waals surface area contributed by atoms with Crippen molar-refractivity contribution in [3.8, 4) is 5.75 Å². The molecule has 0 spiro atoms. The Hall–Kier alpha value is -2.80. The lowest BCUT2D eigenvalue weighted by molar-refractivity contribution is -0.113. The Bertz CT molecular complexity index is 864. The summed E-state index contributed by atoms with van der Waals surface area (Å²) in [6.45, 7) is 4.76. The number of amidine groups is 1. The number of amides is 1. The first-order valence-electron chi connectivity index (χ1n) is 9.12. The highest BCUT2D eigenvalue weighted by Crippen LogP contribution is 2.18. The quantitative estimate of drug-likeness (QED) is 0.823. The molecule has 0 aliphatic carbocycles. The molecule has 0 saturated heterocycles. The van der Waals surface area contributed by atoms with Crippen LogP contribution in [0.1, 0.15) is 25.3 Å². The van der Waals surface area contributed by atoms with Gasteiger partial charge in [-0.3, -0.25) is 9.80 Å². The normalized spacial score (nSPS) is 13.8. The summed E-state index contributed by atoms with van der Waals surface area (Å²) < 4.78 is 5.80. The van der Waals surface area contributed by atoms with E-state index in [-0.39, 0.29) is 11.7 Å². The zero-order chi connectivity index (χ0) is 19.9. The van der Waals surface area contributed by atoms with Crippen molar-refractivity contribution < 1.29 is 9.53 Å². The van der Waals surface area contributed by atoms with Crippen LogP contribution in [0.15, 0.2) is 64.7 Å². The predicted octanol–water partition coefficient (Wildman–Crippen LogP) is 4.18. The highest BCUT2D eigenvalue weighted by Gasteiger charge is 2.16. The summed E-state index contributed by atoms with van der Waals surface area (Å²) in [5, 5.41) is 9.50. The first kappa shape index (κ1) is 19.9. The summed E-state index contributed by atoms with van der Waals surface area (Å²) in [7, 11) is 1.85. The molecule has 28 heavy (non-hydrogen) atoms. The number of aliphatic imine (C=N–C) groups is 1. The molecule has 1 aliphatic rings. The van der Waals surface area contributed by atoms with Crippen LogP contribution < -0.4 is 10.1 Å². The van der Waals surface area contributed by atoms with Crippen molar-refractivity contribution in [1.29, 1.82) is 0 Å². The Labute approximate surface area is 169 Å². The maximum Gasteiger partial charge on any atom is 0.234 e. The van der Waals surface area contributed by atoms with Crippen molar-refractivity contribution in [3.05, 3.63) is 60.2 Å². The molecule has 1 N–H and O–H groups in total. The molecule has 0 unspecified atom stereocenters. The van der Waals surface area contributed by atoms with E-state index in [9.17, 15) is 4.79 Å². The zero-order valence-electron chi connectivity index (χ0n) is 16.3. The minimum Gasteiger partial charge on any atom is -0.441 e. The number of carbonyl (C=O) groups is 1. The van der Waals surface area contributed by atoms with Gasteiger partial charge in [-0.15, -0.1) is 5.10 Å². The molecular weight excluding hydrogens is 372 g/mol. The van der Waals surface area contributed by atoms with Gasteiger partial charge in [0, 0.05) is 12.7 Å². The van der Waals surface area contributed by atoms with Gasteiger partial charge in [0.2, 0.25) is 17.0 Å². The number of likely N-dealkylation sites (N-methyl/N-ethyl adjacent to an activating group) is 1. The number of hydrazone groups is 1. The smallest absolute Gasteiger partial charge is 0.234 e. The maximum atomic E-state index is 12.2. The molecule has 0 fully saturated rings. The summed E-state index contributed by atoms with van der Waals surface area (Å²) >= 11 is 1.28. The second-order valence-electron chi connectivity index (χ2n) is 6.73. The van der Waals surface area contributed by atoms with Crippen molar-refractivity contribution in [2.24, 2.45) is 10.1 Å². The Kier molecular flexibility index (Phi) is 6.71. The summed E-state index contributed by atoms with van der Waals surface area (Å²) in [5.41, 5.74) is 2.03. The van der Waals surface area contributed by atoms with Crippen LogP contribution in [0.2, 0.25) is 0 Å². The summed E-state index contributed by atoms with van der Waals surface area (Å²) in [6.07, 6.45) is 0. The van der Waals surface area contributed by atoms with Crippen LogP contribution in [0.25, 0.3) is 0 Å². The van der Waals surface area contributed by atoms with Gasteiger partial charge in [0.25, 0.3) is 0 Å². The van der Waals surface area contributed by atoms with Gasteiger partial charge in [0.15, 0.2) is 0 Å².